The molecule has 184 valence electrons. The number of carbonyl (C=O) groups is 2. The van der Waals surface area contributed by atoms with Crippen molar-refractivity contribution in [3.8, 4) is 11.5 Å². The lowest BCUT2D eigenvalue weighted by Gasteiger charge is -2.28. The van der Waals surface area contributed by atoms with Gasteiger partial charge in [0.1, 0.15) is 12.2 Å². The standard InChI is InChI=1S/C29H28N2O4S/c1-5-34-26-16-21(11-12-25(26)35-17-24-19(3)13-18(2)14-20(24)4)15-23-27(32)30-29(36)31(28(23)33)22-9-7-6-8-10-22/h6-16H,5,17H2,1-4H3,(H,30,32,36)/b23-15+. The molecule has 0 radical (unpaired) electrons. The Balaban J connectivity index is 1.62. The molecule has 6 nitrogen and oxygen atoms in total. The molecule has 7 heteroatoms. The first-order valence-corrected chi connectivity index (χ1v) is 12.1. The Morgan fingerprint density at radius 2 is 1.61 bits per heavy atom. The van der Waals surface area contributed by atoms with Gasteiger partial charge in [-0.25, -0.2) is 0 Å². The molecule has 1 aliphatic heterocycles. The second-order valence-corrected chi connectivity index (χ2v) is 8.99. The summed E-state index contributed by atoms with van der Waals surface area (Å²) in [6, 6.07) is 18.6. The van der Waals surface area contributed by atoms with Crippen molar-refractivity contribution in [3.63, 3.8) is 0 Å². The van der Waals surface area contributed by atoms with Crippen molar-refractivity contribution in [2.45, 2.75) is 34.3 Å². The minimum Gasteiger partial charge on any atom is -0.490 e. The van der Waals surface area contributed by atoms with Gasteiger partial charge < -0.3 is 9.47 Å². The fourth-order valence-electron chi connectivity index (χ4n) is 4.23. The quantitative estimate of drug-likeness (QED) is 0.267. The molecule has 3 aromatic rings. The highest BCUT2D eigenvalue weighted by Gasteiger charge is 2.34. The van der Waals surface area contributed by atoms with Crippen molar-refractivity contribution >= 4 is 40.9 Å². The third kappa shape index (κ3) is 5.31. The third-order valence-corrected chi connectivity index (χ3v) is 6.19. The summed E-state index contributed by atoms with van der Waals surface area (Å²) in [5.41, 5.74) is 5.90. The van der Waals surface area contributed by atoms with Gasteiger partial charge >= 0.3 is 0 Å². The molecule has 1 aliphatic rings. The molecule has 0 atom stereocenters. The summed E-state index contributed by atoms with van der Waals surface area (Å²) in [6.07, 6.45) is 1.54. The van der Waals surface area contributed by atoms with Gasteiger partial charge in [-0.3, -0.25) is 19.8 Å². The molecule has 1 fully saturated rings. The van der Waals surface area contributed by atoms with Gasteiger partial charge in [0.05, 0.1) is 12.3 Å². The van der Waals surface area contributed by atoms with Crippen LogP contribution in [0.5, 0.6) is 11.5 Å². The van der Waals surface area contributed by atoms with Crippen LogP contribution in [0.4, 0.5) is 5.69 Å². The zero-order valence-corrected chi connectivity index (χ0v) is 21.6. The molecule has 1 heterocycles. The summed E-state index contributed by atoms with van der Waals surface area (Å²) in [5.74, 6) is 0.0950. The van der Waals surface area contributed by atoms with Crippen LogP contribution >= 0.6 is 12.2 Å². The molecule has 0 unspecified atom stereocenters. The van der Waals surface area contributed by atoms with Crippen LogP contribution in [0.15, 0.2) is 66.2 Å². The van der Waals surface area contributed by atoms with Crippen LogP contribution in [0.25, 0.3) is 6.08 Å². The Morgan fingerprint density at radius 3 is 2.28 bits per heavy atom. The fourth-order valence-corrected chi connectivity index (χ4v) is 4.51. The largest absolute Gasteiger partial charge is 0.490 e. The molecule has 0 bridgehead atoms. The molecule has 1 N–H and O–H groups in total. The number of ether oxygens (including phenoxy) is 2. The number of hydrogen-bond acceptors (Lipinski definition) is 5. The predicted molar refractivity (Wildman–Crippen MR) is 145 cm³/mol. The van der Waals surface area contributed by atoms with Gasteiger partial charge in [0.25, 0.3) is 11.8 Å². The van der Waals surface area contributed by atoms with Crippen LogP contribution < -0.4 is 19.7 Å². The minimum absolute atomic E-state index is 0.0190. The van der Waals surface area contributed by atoms with E-state index in [1.54, 1.807) is 42.5 Å². The van der Waals surface area contributed by atoms with Gasteiger partial charge in [-0.15, -0.1) is 0 Å². The maximum absolute atomic E-state index is 13.2. The molecule has 0 saturated carbocycles. The number of thiocarbonyl (C=S) groups is 1. The summed E-state index contributed by atoms with van der Waals surface area (Å²) in [7, 11) is 0. The highest BCUT2D eigenvalue weighted by Crippen LogP contribution is 2.31. The number of benzene rings is 3. The van der Waals surface area contributed by atoms with E-state index in [1.807, 2.05) is 13.0 Å². The maximum atomic E-state index is 13.2. The first-order valence-electron chi connectivity index (χ1n) is 11.7. The predicted octanol–water partition coefficient (Wildman–Crippen LogP) is 5.42. The Morgan fingerprint density at radius 1 is 0.917 bits per heavy atom. The number of hydrogen-bond donors (Lipinski definition) is 1. The zero-order chi connectivity index (χ0) is 25.8. The van der Waals surface area contributed by atoms with Crippen LogP contribution in [-0.4, -0.2) is 23.5 Å². The number of para-hydroxylation sites is 1. The number of rotatable bonds is 7. The van der Waals surface area contributed by atoms with Crippen molar-refractivity contribution in [2.75, 3.05) is 11.5 Å². The Kier molecular flexibility index (Phi) is 7.50. The average Bonchev–Trinajstić information content (AvgIpc) is 2.83. The summed E-state index contributed by atoms with van der Waals surface area (Å²) in [5, 5.41) is 2.66. The van der Waals surface area contributed by atoms with E-state index in [4.69, 9.17) is 21.7 Å². The fraction of sp³-hybridized carbons (Fsp3) is 0.207. The average molecular weight is 501 g/mol. The lowest BCUT2D eigenvalue weighted by molar-refractivity contribution is -0.122. The van der Waals surface area contributed by atoms with Gasteiger partial charge in [0.2, 0.25) is 0 Å². The highest BCUT2D eigenvalue weighted by atomic mass is 32.1. The smallest absolute Gasteiger partial charge is 0.270 e. The van der Waals surface area contributed by atoms with Crippen LogP contribution in [0.1, 0.15) is 34.7 Å². The van der Waals surface area contributed by atoms with Gasteiger partial charge in [-0.05, 0) is 92.5 Å². The van der Waals surface area contributed by atoms with Crippen LogP contribution in [0.3, 0.4) is 0 Å². The molecule has 2 amide bonds. The Hall–Kier alpha value is -3.97. The van der Waals surface area contributed by atoms with E-state index in [0.29, 0.717) is 36.0 Å². The second-order valence-electron chi connectivity index (χ2n) is 8.60. The van der Waals surface area contributed by atoms with Crippen LogP contribution in [0, 0.1) is 20.8 Å². The monoisotopic (exact) mass is 500 g/mol. The molecule has 0 spiro atoms. The lowest BCUT2D eigenvalue weighted by Crippen LogP contribution is -2.54. The molecule has 0 aromatic heterocycles. The van der Waals surface area contributed by atoms with Gasteiger partial charge in [-0.1, -0.05) is 42.0 Å². The Bertz CT molecular complexity index is 1340. The SMILES string of the molecule is CCOc1cc(/C=C2\C(=O)NC(=S)N(c3ccccc3)C2=O)ccc1OCc1c(C)cc(C)cc1C. The summed E-state index contributed by atoms with van der Waals surface area (Å²) < 4.78 is 12.0. The first-order chi connectivity index (χ1) is 17.3. The number of carbonyl (C=O) groups excluding carboxylic acids is 2. The lowest BCUT2D eigenvalue weighted by atomic mass is 10.0. The molecular weight excluding hydrogens is 472 g/mol. The maximum Gasteiger partial charge on any atom is 0.270 e. The van der Waals surface area contributed by atoms with Gasteiger partial charge in [0, 0.05) is 0 Å². The summed E-state index contributed by atoms with van der Waals surface area (Å²) >= 11 is 5.26. The van der Waals surface area contributed by atoms with E-state index in [1.165, 1.54) is 27.7 Å². The number of amides is 2. The number of anilines is 1. The van der Waals surface area contributed by atoms with Crippen molar-refractivity contribution in [3.05, 3.63) is 94.1 Å². The second kappa shape index (κ2) is 10.7. The number of aryl methyl sites for hydroxylation is 3. The van der Waals surface area contributed by atoms with Crippen molar-refractivity contribution in [1.82, 2.24) is 5.32 Å². The first kappa shape index (κ1) is 25.1. The van der Waals surface area contributed by atoms with Crippen LogP contribution in [-0.2, 0) is 16.2 Å². The van der Waals surface area contributed by atoms with Crippen molar-refractivity contribution in [2.24, 2.45) is 0 Å². The summed E-state index contributed by atoms with van der Waals surface area (Å²) in [6.45, 7) is 8.97. The Labute approximate surface area is 216 Å². The molecule has 3 aromatic carbocycles. The van der Waals surface area contributed by atoms with E-state index >= 15 is 0 Å². The molecule has 36 heavy (non-hydrogen) atoms. The number of nitrogens with one attached hydrogen (secondary N) is 1. The highest BCUT2D eigenvalue weighted by molar-refractivity contribution is 7.80. The van der Waals surface area contributed by atoms with E-state index in [0.717, 1.165) is 5.56 Å². The minimum atomic E-state index is -0.541. The van der Waals surface area contributed by atoms with Crippen molar-refractivity contribution in [1.29, 1.82) is 0 Å². The van der Waals surface area contributed by atoms with E-state index in [9.17, 15) is 9.59 Å². The zero-order valence-electron chi connectivity index (χ0n) is 20.8. The number of nitrogens with zero attached hydrogens (tertiary/aromatic N) is 1. The third-order valence-electron chi connectivity index (χ3n) is 5.91. The summed E-state index contributed by atoms with van der Waals surface area (Å²) in [4.78, 5) is 27.2. The molecular formula is C29H28N2O4S. The van der Waals surface area contributed by atoms with E-state index < -0.39 is 11.8 Å². The molecule has 0 aliphatic carbocycles. The van der Waals surface area contributed by atoms with Crippen LogP contribution in [0.2, 0.25) is 0 Å². The van der Waals surface area contributed by atoms with Gasteiger partial charge in [-0.2, -0.15) is 0 Å². The molecule has 1 saturated heterocycles. The van der Waals surface area contributed by atoms with Crippen molar-refractivity contribution < 1.29 is 19.1 Å². The van der Waals surface area contributed by atoms with E-state index in [2.05, 4.69) is 38.2 Å². The normalized spacial score (nSPS) is 14.7. The van der Waals surface area contributed by atoms with E-state index in [-0.39, 0.29) is 10.7 Å². The molecule has 4 rings (SSSR count). The topological polar surface area (TPSA) is 67.9 Å². The van der Waals surface area contributed by atoms with Gasteiger partial charge in [0.15, 0.2) is 16.6 Å².